The minimum absolute atomic E-state index is 0.0924. The van der Waals surface area contributed by atoms with Crippen LogP contribution in [0.15, 0.2) is 49.1 Å². The van der Waals surface area contributed by atoms with Gasteiger partial charge in [-0.1, -0.05) is 49.6 Å². The molecule has 5 rings (SSSR count). The molecule has 1 saturated carbocycles. The Bertz CT molecular complexity index is 1020. The summed E-state index contributed by atoms with van der Waals surface area (Å²) in [4.78, 5) is 41.8. The summed E-state index contributed by atoms with van der Waals surface area (Å²) in [6.07, 6.45) is 9.80. The van der Waals surface area contributed by atoms with Gasteiger partial charge in [0, 0.05) is 19.1 Å². The van der Waals surface area contributed by atoms with Crippen LogP contribution < -0.4 is 10.6 Å². The molecule has 3 heterocycles. The van der Waals surface area contributed by atoms with Crippen LogP contribution in [0.3, 0.4) is 0 Å². The van der Waals surface area contributed by atoms with Gasteiger partial charge in [-0.15, -0.1) is 6.58 Å². The Labute approximate surface area is 198 Å². The molecule has 8 heteroatoms. The van der Waals surface area contributed by atoms with Gasteiger partial charge in [0.2, 0.25) is 17.7 Å². The Morgan fingerprint density at radius 2 is 1.91 bits per heavy atom. The molecule has 180 valence electrons. The number of amides is 3. The molecule has 1 aromatic rings. The van der Waals surface area contributed by atoms with Gasteiger partial charge in [0.05, 0.1) is 17.9 Å². The van der Waals surface area contributed by atoms with E-state index in [1.807, 2.05) is 0 Å². The molecule has 2 N–H and O–H groups in total. The highest BCUT2D eigenvalue weighted by Crippen LogP contribution is 2.55. The Morgan fingerprint density at radius 3 is 2.62 bits per heavy atom. The van der Waals surface area contributed by atoms with Gasteiger partial charge in [-0.2, -0.15) is 0 Å². The lowest BCUT2D eigenvalue weighted by Gasteiger charge is -2.33. The Morgan fingerprint density at radius 1 is 1.18 bits per heavy atom. The third kappa shape index (κ3) is 3.74. The molecule has 5 atom stereocenters. The number of likely N-dealkylation sites (tertiary alicyclic amines) is 1. The summed E-state index contributed by atoms with van der Waals surface area (Å²) >= 11 is 0. The molecule has 3 aliphatic heterocycles. The molecule has 0 radical (unpaired) electrons. The van der Waals surface area contributed by atoms with Crippen molar-refractivity contribution in [1.82, 2.24) is 15.5 Å². The first-order chi connectivity index (χ1) is 16.4. The molecule has 1 spiro atoms. The molecule has 3 fully saturated rings. The van der Waals surface area contributed by atoms with Crippen LogP contribution in [0.25, 0.3) is 0 Å². The lowest BCUT2D eigenvalue weighted by Crippen LogP contribution is -2.56. The Balaban J connectivity index is 1.37. The van der Waals surface area contributed by atoms with Crippen molar-refractivity contribution in [1.29, 1.82) is 0 Å². The van der Waals surface area contributed by atoms with Crippen molar-refractivity contribution in [3.05, 3.63) is 60.5 Å². The van der Waals surface area contributed by atoms with Crippen molar-refractivity contribution >= 4 is 17.7 Å². The van der Waals surface area contributed by atoms with E-state index in [-0.39, 0.29) is 42.7 Å². The second-order valence-corrected chi connectivity index (χ2v) is 9.67. The highest BCUT2D eigenvalue weighted by atomic mass is 19.1. The normalized spacial score (nSPS) is 32.0. The molecule has 34 heavy (non-hydrogen) atoms. The van der Waals surface area contributed by atoms with Crippen molar-refractivity contribution in [2.24, 2.45) is 11.8 Å². The van der Waals surface area contributed by atoms with E-state index in [4.69, 9.17) is 4.74 Å². The van der Waals surface area contributed by atoms with Crippen LogP contribution in [-0.2, 0) is 25.7 Å². The minimum Gasteiger partial charge on any atom is -0.359 e. The number of carbonyl (C=O) groups is 3. The number of hydrogen-bond donors (Lipinski definition) is 2. The first kappa shape index (κ1) is 22.8. The van der Waals surface area contributed by atoms with Crippen molar-refractivity contribution < 1.29 is 23.5 Å². The number of ether oxygens (including phenoxy) is 1. The van der Waals surface area contributed by atoms with Crippen LogP contribution in [0.4, 0.5) is 4.39 Å². The van der Waals surface area contributed by atoms with Crippen molar-refractivity contribution in [2.45, 2.75) is 62.4 Å². The van der Waals surface area contributed by atoms with Gasteiger partial charge in [-0.25, -0.2) is 4.39 Å². The topological polar surface area (TPSA) is 87.7 Å². The molecule has 7 nitrogen and oxygen atoms in total. The van der Waals surface area contributed by atoms with E-state index in [0.717, 1.165) is 31.2 Å². The van der Waals surface area contributed by atoms with E-state index >= 15 is 0 Å². The van der Waals surface area contributed by atoms with Crippen LogP contribution in [0.2, 0.25) is 0 Å². The van der Waals surface area contributed by atoms with Gasteiger partial charge in [0.1, 0.15) is 17.5 Å². The summed E-state index contributed by atoms with van der Waals surface area (Å²) in [6.45, 7) is 4.16. The predicted octanol–water partition coefficient (Wildman–Crippen LogP) is 2.23. The van der Waals surface area contributed by atoms with E-state index in [1.54, 1.807) is 30.4 Å². The quantitative estimate of drug-likeness (QED) is 0.602. The summed E-state index contributed by atoms with van der Waals surface area (Å²) < 4.78 is 19.5. The van der Waals surface area contributed by atoms with Gasteiger partial charge >= 0.3 is 0 Å². The first-order valence-electron chi connectivity index (χ1n) is 12.1. The number of halogens is 1. The van der Waals surface area contributed by atoms with Crippen molar-refractivity contribution in [2.75, 3.05) is 6.54 Å². The molecule has 3 amide bonds. The molecular formula is C26H30FN3O4. The summed E-state index contributed by atoms with van der Waals surface area (Å²) in [7, 11) is 0. The highest BCUT2D eigenvalue weighted by Gasteiger charge is 2.72. The maximum Gasteiger partial charge on any atom is 0.246 e. The van der Waals surface area contributed by atoms with Gasteiger partial charge in [-0.05, 0) is 30.5 Å². The number of hydrogen-bond acceptors (Lipinski definition) is 4. The third-order valence-corrected chi connectivity index (χ3v) is 7.58. The lowest BCUT2D eigenvalue weighted by molar-refractivity contribution is -0.141. The maximum atomic E-state index is 13.6. The Kier molecular flexibility index (Phi) is 6.02. The van der Waals surface area contributed by atoms with E-state index in [1.165, 1.54) is 23.5 Å². The molecule has 1 aromatic carbocycles. The predicted molar refractivity (Wildman–Crippen MR) is 123 cm³/mol. The maximum absolute atomic E-state index is 13.6. The van der Waals surface area contributed by atoms with E-state index < -0.39 is 29.6 Å². The average molecular weight is 468 g/mol. The van der Waals surface area contributed by atoms with Crippen molar-refractivity contribution in [3.63, 3.8) is 0 Å². The number of nitrogens with zero attached hydrogens (tertiary/aromatic N) is 1. The van der Waals surface area contributed by atoms with Crippen LogP contribution in [0.5, 0.6) is 0 Å². The molecule has 0 unspecified atom stereocenters. The van der Waals surface area contributed by atoms with E-state index in [9.17, 15) is 18.8 Å². The SMILES string of the molecule is C=CCN1C(=O)[C@H]2[C@@H](C(=O)NCc3ccc(F)cc3)[C@H]3C=C[C@]2(O3)[C@@H]1C(=O)NC1CCCCC1. The van der Waals surface area contributed by atoms with Crippen LogP contribution in [0.1, 0.15) is 37.7 Å². The van der Waals surface area contributed by atoms with E-state index in [0.29, 0.717) is 0 Å². The first-order valence-corrected chi connectivity index (χ1v) is 12.1. The molecular weight excluding hydrogens is 437 g/mol. The summed E-state index contributed by atoms with van der Waals surface area (Å²) in [5.41, 5.74) is -0.415. The number of carbonyl (C=O) groups excluding carboxylic acids is 3. The number of benzene rings is 1. The molecule has 2 bridgehead atoms. The fraction of sp³-hybridized carbons (Fsp3) is 0.500. The van der Waals surface area contributed by atoms with E-state index in [2.05, 4.69) is 17.2 Å². The third-order valence-electron chi connectivity index (χ3n) is 7.58. The fourth-order valence-electron chi connectivity index (χ4n) is 6.04. The second-order valence-electron chi connectivity index (χ2n) is 9.67. The molecule has 0 aromatic heterocycles. The van der Waals surface area contributed by atoms with Crippen molar-refractivity contribution in [3.8, 4) is 0 Å². The smallest absolute Gasteiger partial charge is 0.246 e. The largest absolute Gasteiger partial charge is 0.359 e. The van der Waals surface area contributed by atoms with Gasteiger partial charge < -0.3 is 20.3 Å². The lowest BCUT2D eigenvalue weighted by atomic mass is 9.74. The Hall–Kier alpha value is -3.00. The zero-order chi connectivity index (χ0) is 23.9. The molecule has 1 aliphatic carbocycles. The van der Waals surface area contributed by atoms with Gasteiger partial charge in [-0.3, -0.25) is 14.4 Å². The zero-order valence-electron chi connectivity index (χ0n) is 19.0. The molecule has 4 aliphatic rings. The number of nitrogens with one attached hydrogen (secondary N) is 2. The minimum atomic E-state index is -1.17. The second kappa shape index (κ2) is 8.98. The zero-order valence-corrected chi connectivity index (χ0v) is 19.0. The highest BCUT2D eigenvalue weighted by molar-refractivity contribution is 6.00. The number of fused-ring (bicyclic) bond motifs is 1. The van der Waals surface area contributed by atoms with Crippen LogP contribution in [-0.4, -0.2) is 53.0 Å². The standard InChI is InChI=1S/C26H30FN3O4/c1-2-14-30-22(24(32)29-18-6-4-3-5-7-18)26-13-12-19(34-26)20(21(26)25(30)33)23(31)28-15-16-8-10-17(27)11-9-16/h2,8-13,18-22H,1,3-7,14-15H2,(H,28,31)(H,29,32)/t19-,20+,21-,22+,26-/m1/s1. The molecule has 2 saturated heterocycles. The van der Waals surface area contributed by atoms with Crippen LogP contribution >= 0.6 is 0 Å². The summed E-state index contributed by atoms with van der Waals surface area (Å²) in [5, 5.41) is 6.01. The monoisotopic (exact) mass is 467 g/mol. The van der Waals surface area contributed by atoms with Gasteiger partial charge in [0.15, 0.2) is 0 Å². The number of rotatable bonds is 7. The van der Waals surface area contributed by atoms with Gasteiger partial charge in [0.25, 0.3) is 0 Å². The van der Waals surface area contributed by atoms with Crippen LogP contribution in [0, 0.1) is 17.7 Å². The average Bonchev–Trinajstić information content (AvgIpc) is 3.47. The summed E-state index contributed by atoms with van der Waals surface area (Å²) in [5.74, 6) is -2.68. The fourth-order valence-corrected chi connectivity index (χ4v) is 6.04. The summed E-state index contributed by atoms with van der Waals surface area (Å²) in [6, 6.07) is 5.13.